The van der Waals surface area contributed by atoms with Crippen molar-refractivity contribution in [2.75, 3.05) is 41.0 Å². The summed E-state index contributed by atoms with van der Waals surface area (Å²) in [4.78, 5) is 2.29. The van der Waals surface area contributed by atoms with E-state index in [1.165, 1.54) is 5.56 Å². The van der Waals surface area contributed by atoms with Crippen LogP contribution in [0.2, 0.25) is 0 Å². The van der Waals surface area contributed by atoms with Gasteiger partial charge < -0.3 is 19.7 Å². The van der Waals surface area contributed by atoms with Gasteiger partial charge >= 0.3 is 0 Å². The minimum absolute atomic E-state index is 0.398. The average Bonchev–Trinajstić information content (AvgIpc) is 2.39. The van der Waals surface area contributed by atoms with Gasteiger partial charge in [-0.15, -0.1) is 0 Å². The van der Waals surface area contributed by atoms with Crippen molar-refractivity contribution in [2.45, 2.75) is 19.5 Å². The van der Waals surface area contributed by atoms with Crippen LogP contribution in [0.15, 0.2) is 24.3 Å². The summed E-state index contributed by atoms with van der Waals surface area (Å²) in [6.07, 6.45) is 0. The summed E-state index contributed by atoms with van der Waals surface area (Å²) in [6.45, 7) is 5.78. The highest BCUT2D eigenvalue weighted by Crippen LogP contribution is 2.13. The summed E-state index contributed by atoms with van der Waals surface area (Å²) in [7, 11) is 5.55. The van der Waals surface area contributed by atoms with E-state index in [0.29, 0.717) is 6.04 Å². The molecule has 1 aromatic carbocycles. The molecule has 1 atom stereocenters. The quantitative estimate of drug-likeness (QED) is 0.738. The Morgan fingerprint density at radius 1 is 1.32 bits per heavy atom. The van der Waals surface area contributed by atoms with Crippen LogP contribution in [0, 0.1) is 0 Å². The molecule has 1 N–H and O–H groups in total. The van der Waals surface area contributed by atoms with Crippen molar-refractivity contribution in [1.82, 2.24) is 10.2 Å². The van der Waals surface area contributed by atoms with E-state index in [2.05, 4.69) is 36.3 Å². The molecule has 0 spiro atoms. The number of hydrogen-bond acceptors (Lipinski definition) is 4. The fourth-order valence-corrected chi connectivity index (χ4v) is 1.97. The van der Waals surface area contributed by atoms with Gasteiger partial charge in [-0.1, -0.05) is 12.1 Å². The average molecular weight is 266 g/mol. The second-order valence-electron chi connectivity index (χ2n) is 4.90. The molecule has 0 aromatic heterocycles. The normalized spacial score (nSPS) is 12.7. The number of nitrogens with zero attached hydrogens (tertiary/aromatic N) is 1. The molecule has 0 aliphatic heterocycles. The van der Waals surface area contributed by atoms with Gasteiger partial charge in [-0.25, -0.2) is 0 Å². The van der Waals surface area contributed by atoms with Gasteiger partial charge in [0.25, 0.3) is 0 Å². The van der Waals surface area contributed by atoms with Crippen LogP contribution >= 0.6 is 0 Å². The van der Waals surface area contributed by atoms with Crippen LogP contribution in [-0.2, 0) is 11.3 Å². The molecule has 0 aliphatic carbocycles. The molecule has 0 saturated carbocycles. The first-order valence-corrected chi connectivity index (χ1v) is 6.69. The van der Waals surface area contributed by atoms with Crippen LogP contribution in [0.5, 0.6) is 5.75 Å². The molecule has 19 heavy (non-hydrogen) atoms. The fourth-order valence-electron chi connectivity index (χ4n) is 1.97. The third kappa shape index (κ3) is 6.57. The molecule has 1 aromatic rings. The van der Waals surface area contributed by atoms with Crippen molar-refractivity contribution in [3.05, 3.63) is 29.8 Å². The van der Waals surface area contributed by atoms with Gasteiger partial charge in [0, 0.05) is 32.8 Å². The Morgan fingerprint density at radius 3 is 2.79 bits per heavy atom. The van der Waals surface area contributed by atoms with Crippen LogP contribution in [0.4, 0.5) is 0 Å². The topological polar surface area (TPSA) is 33.7 Å². The number of likely N-dealkylation sites (N-methyl/N-ethyl adjacent to an activating group) is 1. The summed E-state index contributed by atoms with van der Waals surface area (Å²) in [5, 5.41) is 3.43. The lowest BCUT2D eigenvalue weighted by molar-refractivity contribution is 0.170. The van der Waals surface area contributed by atoms with Crippen molar-refractivity contribution >= 4 is 0 Å². The Hall–Kier alpha value is -1.10. The van der Waals surface area contributed by atoms with E-state index in [1.54, 1.807) is 14.2 Å². The summed E-state index contributed by atoms with van der Waals surface area (Å²) in [5.41, 5.74) is 1.27. The van der Waals surface area contributed by atoms with Crippen molar-refractivity contribution in [3.63, 3.8) is 0 Å². The molecule has 108 valence electrons. The SMILES string of the molecule is COCC(C)NCCN(C)Cc1cccc(OC)c1. The zero-order valence-electron chi connectivity index (χ0n) is 12.5. The molecule has 0 heterocycles. The van der Waals surface area contributed by atoms with Gasteiger partial charge in [-0.2, -0.15) is 0 Å². The highest BCUT2D eigenvalue weighted by molar-refractivity contribution is 5.28. The Morgan fingerprint density at radius 2 is 2.11 bits per heavy atom. The van der Waals surface area contributed by atoms with Gasteiger partial charge in [0.1, 0.15) is 5.75 Å². The Balaban J connectivity index is 2.28. The van der Waals surface area contributed by atoms with Crippen LogP contribution in [0.1, 0.15) is 12.5 Å². The standard InChI is InChI=1S/C15H26N2O2/c1-13(12-18-3)16-8-9-17(2)11-14-6-5-7-15(10-14)19-4/h5-7,10,13,16H,8-9,11-12H2,1-4H3. The molecule has 4 nitrogen and oxygen atoms in total. The van der Waals surface area contributed by atoms with Gasteiger partial charge in [0.2, 0.25) is 0 Å². The first kappa shape index (κ1) is 16.0. The second kappa shape index (κ2) is 8.91. The highest BCUT2D eigenvalue weighted by atomic mass is 16.5. The van der Waals surface area contributed by atoms with E-state index in [-0.39, 0.29) is 0 Å². The van der Waals surface area contributed by atoms with Gasteiger partial charge in [-0.3, -0.25) is 0 Å². The zero-order valence-corrected chi connectivity index (χ0v) is 12.5. The summed E-state index contributed by atoms with van der Waals surface area (Å²) >= 11 is 0. The maximum atomic E-state index is 5.23. The Labute approximate surface area is 116 Å². The molecular weight excluding hydrogens is 240 g/mol. The van der Waals surface area contributed by atoms with Crippen LogP contribution < -0.4 is 10.1 Å². The first-order valence-electron chi connectivity index (χ1n) is 6.69. The second-order valence-corrected chi connectivity index (χ2v) is 4.90. The van der Waals surface area contributed by atoms with Crippen molar-refractivity contribution in [2.24, 2.45) is 0 Å². The molecule has 0 bridgehead atoms. The molecule has 0 radical (unpaired) electrons. The van der Waals surface area contributed by atoms with Crippen molar-refractivity contribution < 1.29 is 9.47 Å². The molecule has 0 amide bonds. The number of nitrogens with one attached hydrogen (secondary N) is 1. The van der Waals surface area contributed by atoms with Crippen molar-refractivity contribution in [1.29, 1.82) is 0 Å². The first-order chi connectivity index (χ1) is 9.15. The molecule has 4 heteroatoms. The van der Waals surface area contributed by atoms with E-state index in [4.69, 9.17) is 9.47 Å². The number of hydrogen-bond donors (Lipinski definition) is 1. The summed E-state index contributed by atoms with van der Waals surface area (Å²) in [5.74, 6) is 0.915. The molecule has 1 unspecified atom stereocenters. The molecule has 0 aliphatic rings. The maximum absolute atomic E-state index is 5.23. The number of rotatable bonds is 9. The van der Waals surface area contributed by atoms with Gasteiger partial charge in [0.15, 0.2) is 0 Å². The monoisotopic (exact) mass is 266 g/mol. The summed E-state index contributed by atoms with van der Waals surface area (Å²) in [6, 6.07) is 8.60. The van der Waals surface area contributed by atoms with E-state index in [9.17, 15) is 0 Å². The van der Waals surface area contributed by atoms with E-state index < -0.39 is 0 Å². The lowest BCUT2D eigenvalue weighted by Gasteiger charge is -2.19. The van der Waals surface area contributed by atoms with Crippen LogP contribution in [0.3, 0.4) is 0 Å². The molecule has 0 saturated heterocycles. The third-order valence-electron chi connectivity index (χ3n) is 2.99. The van der Waals surface area contributed by atoms with Gasteiger partial charge in [0.05, 0.1) is 13.7 Å². The number of ether oxygens (including phenoxy) is 2. The lowest BCUT2D eigenvalue weighted by atomic mass is 10.2. The lowest BCUT2D eigenvalue weighted by Crippen LogP contribution is -2.36. The van der Waals surface area contributed by atoms with E-state index >= 15 is 0 Å². The molecule has 0 fully saturated rings. The highest BCUT2D eigenvalue weighted by Gasteiger charge is 2.03. The fraction of sp³-hybridized carbons (Fsp3) is 0.600. The largest absolute Gasteiger partial charge is 0.497 e. The Kier molecular flexibility index (Phi) is 7.48. The summed E-state index contributed by atoms with van der Waals surface area (Å²) < 4.78 is 10.3. The van der Waals surface area contributed by atoms with Gasteiger partial charge in [-0.05, 0) is 31.7 Å². The smallest absolute Gasteiger partial charge is 0.119 e. The van der Waals surface area contributed by atoms with Crippen LogP contribution in [-0.4, -0.2) is 51.9 Å². The predicted molar refractivity (Wildman–Crippen MR) is 78.7 cm³/mol. The molecule has 1 rings (SSSR count). The predicted octanol–water partition coefficient (Wildman–Crippen LogP) is 1.75. The van der Waals surface area contributed by atoms with E-state index in [0.717, 1.165) is 32.0 Å². The number of benzene rings is 1. The van der Waals surface area contributed by atoms with Crippen molar-refractivity contribution in [3.8, 4) is 5.75 Å². The van der Waals surface area contributed by atoms with Crippen LogP contribution in [0.25, 0.3) is 0 Å². The maximum Gasteiger partial charge on any atom is 0.119 e. The minimum atomic E-state index is 0.398. The Bertz CT molecular complexity index is 358. The zero-order chi connectivity index (χ0) is 14.1. The minimum Gasteiger partial charge on any atom is -0.497 e. The van der Waals surface area contributed by atoms with E-state index in [1.807, 2.05) is 12.1 Å². The third-order valence-corrected chi connectivity index (χ3v) is 2.99. The molecular formula is C15H26N2O2. The number of methoxy groups -OCH3 is 2.